The molecule has 1 aromatic heterocycles. The molecule has 2 fully saturated rings. The van der Waals surface area contributed by atoms with E-state index in [4.69, 9.17) is 0 Å². The Morgan fingerprint density at radius 2 is 2.08 bits per heavy atom. The monoisotopic (exact) mass is 417 g/mol. The van der Waals surface area contributed by atoms with Gasteiger partial charge in [-0.2, -0.15) is 0 Å². The van der Waals surface area contributed by atoms with Gasteiger partial charge in [0, 0.05) is 29.6 Å². The predicted molar refractivity (Wildman–Crippen MR) is 107 cm³/mol. The smallest absolute Gasteiger partial charge is 0.229 e. The van der Waals surface area contributed by atoms with E-state index in [1.165, 1.54) is 23.5 Å². The molecular formula is C18H22Cl2FN3OS. The van der Waals surface area contributed by atoms with Crippen LogP contribution in [0.3, 0.4) is 0 Å². The fraction of sp³-hybridized carbons (Fsp3) is 0.444. The molecule has 0 saturated carbocycles. The van der Waals surface area contributed by atoms with Crippen molar-refractivity contribution < 1.29 is 9.18 Å². The number of benzene rings is 1. The van der Waals surface area contributed by atoms with Gasteiger partial charge in [0.25, 0.3) is 0 Å². The molecule has 2 saturated heterocycles. The van der Waals surface area contributed by atoms with Crippen LogP contribution in [0.4, 0.5) is 4.39 Å². The van der Waals surface area contributed by atoms with Gasteiger partial charge in [0.1, 0.15) is 10.8 Å². The molecule has 2 unspecified atom stereocenters. The van der Waals surface area contributed by atoms with E-state index in [0.717, 1.165) is 48.6 Å². The zero-order chi connectivity index (χ0) is 16.5. The minimum absolute atomic E-state index is 0. The highest BCUT2D eigenvalue weighted by Gasteiger charge is 2.37. The second-order valence-corrected chi connectivity index (χ2v) is 7.37. The Balaban J connectivity index is 0.00000121. The molecule has 0 radical (unpaired) electrons. The van der Waals surface area contributed by atoms with Crippen molar-refractivity contribution >= 4 is 42.1 Å². The van der Waals surface area contributed by atoms with E-state index >= 15 is 0 Å². The largest absolute Gasteiger partial charge is 0.335 e. The van der Waals surface area contributed by atoms with Gasteiger partial charge in [-0.15, -0.1) is 36.2 Å². The standard InChI is InChI=1S/C18H20FN3OS.2ClH/c19-13-3-1-2-12(8-13)18-21-14(11-24-18)9-17(23)22-15-4-5-16(22)10-20-7-6-15;;/h1-3,8,11,15-16,20H,4-7,9-10H2;2*1H. The molecule has 2 atom stereocenters. The Bertz CT molecular complexity index is 744. The molecule has 2 aliphatic heterocycles. The number of fused-ring (bicyclic) bond motifs is 2. The highest BCUT2D eigenvalue weighted by Crippen LogP contribution is 2.29. The third-order valence-corrected chi connectivity index (χ3v) is 5.84. The van der Waals surface area contributed by atoms with Crippen molar-refractivity contribution in [2.24, 2.45) is 0 Å². The first-order chi connectivity index (χ1) is 11.7. The van der Waals surface area contributed by atoms with E-state index in [0.29, 0.717) is 18.5 Å². The Morgan fingerprint density at radius 3 is 2.88 bits per heavy atom. The number of halogens is 3. The Labute approximate surface area is 169 Å². The minimum Gasteiger partial charge on any atom is -0.335 e. The third-order valence-electron chi connectivity index (χ3n) is 4.90. The zero-order valence-electron chi connectivity index (χ0n) is 14.2. The van der Waals surface area contributed by atoms with Crippen molar-refractivity contribution in [3.8, 4) is 10.6 Å². The average Bonchev–Trinajstić information content (AvgIpc) is 3.11. The third kappa shape index (κ3) is 4.36. The van der Waals surface area contributed by atoms with Crippen LogP contribution in [0.1, 0.15) is 25.0 Å². The van der Waals surface area contributed by atoms with Crippen molar-refractivity contribution in [1.29, 1.82) is 0 Å². The maximum absolute atomic E-state index is 13.4. The molecule has 2 bridgehead atoms. The molecule has 0 spiro atoms. The summed E-state index contributed by atoms with van der Waals surface area (Å²) in [5.74, 6) is -0.101. The zero-order valence-corrected chi connectivity index (χ0v) is 16.6. The quantitative estimate of drug-likeness (QED) is 0.827. The molecule has 0 aliphatic carbocycles. The predicted octanol–water partition coefficient (Wildman–Crippen LogP) is 3.69. The number of nitrogens with zero attached hydrogens (tertiary/aromatic N) is 2. The summed E-state index contributed by atoms with van der Waals surface area (Å²) >= 11 is 1.46. The number of hydrogen-bond acceptors (Lipinski definition) is 4. The summed E-state index contributed by atoms with van der Waals surface area (Å²) in [6.45, 7) is 1.89. The molecule has 3 heterocycles. The van der Waals surface area contributed by atoms with Crippen LogP contribution < -0.4 is 5.32 Å². The Hall–Kier alpha value is -1.21. The average molecular weight is 418 g/mol. The fourth-order valence-corrected chi connectivity index (χ4v) is 4.59. The van der Waals surface area contributed by atoms with Gasteiger partial charge in [-0.3, -0.25) is 4.79 Å². The van der Waals surface area contributed by atoms with E-state index in [9.17, 15) is 9.18 Å². The molecular weight excluding hydrogens is 396 g/mol. The maximum atomic E-state index is 13.4. The van der Waals surface area contributed by atoms with E-state index in [-0.39, 0.29) is 36.5 Å². The highest BCUT2D eigenvalue weighted by atomic mass is 35.5. The van der Waals surface area contributed by atoms with Crippen LogP contribution in [0.2, 0.25) is 0 Å². The van der Waals surface area contributed by atoms with Crippen LogP contribution >= 0.6 is 36.2 Å². The lowest BCUT2D eigenvalue weighted by atomic mass is 10.1. The number of carbonyl (C=O) groups is 1. The van der Waals surface area contributed by atoms with Crippen LogP contribution in [-0.2, 0) is 11.2 Å². The number of thiazole rings is 1. The topological polar surface area (TPSA) is 45.2 Å². The van der Waals surface area contributed by atoms with Crippen molar-refractivity contribution in [1.82, 2.24) is 15.2 Å². The lowest BCUT2D eigenvalue weighted by Crippen LogP contribution is -2.43. The fourth-order valence-electron chi connectivity index (χ4n) is 3.78. The van der Waals surface area contributed by atoms with Gasteiger partial charge in [0.15, 0.2) is 0 Å². The Morgan fingerprint density at radius 1 is 1.27 bits per heavy atom. The number of amides is 1. The van der Waals surface area contributed by atoms with Crippen LogP contribution in [0.5, 0.6) is 0 Å². The highest BCUT2D eigenvalue weighted by molar-refractivity contribution is 7.13. The normalized spacial score (nSPS) is 21.5. The second kappa shape index (κ2) is 9.13. The maximum Gasteiger partial charge on any atom is 0.229 e. The van der Waals surface area contributed by atoms with Crippen molar-refractivity contribution in [2.75, 3.05) is 13.1 Å². The first-order valence-electron chi connectivity index (χ1n) is 8.43. The Kier molecular flexibility index (Phi) is 7.41. The van der Waals surface area contributed by atoms with E-state index in [2.05, 4.69) is 15.2 Å². The van der Waals surface area contributed by atoms with Crippen molar-refractivity contribution in [3.63, 3.8) is 0 Å². The summed E-state index contributed by atoms with van der Waals surface area (Å²) in [7, 11) is 0. The second-order valence-electron chi connectivity index (χ2n) is 6.51. The summed E-state index contributed by atoms with van der Waals surface area (Å²) in [4.78, 5) is 19.4. The number of hydrogen-bond donors (Lipinski definition) is 1. The molecule has 1 N–H and O–H groups in total. The van der Waals surface area contributed by atoms with Gasteiger partial charge in [0.2, 0.25) is 5.91 Å². The van der Waals surface area contributed by atoms with Crippen LogP contribution in [-0.4, -0.2) is 41.0 Å². The van der Waals surface area contributed by atoms with Gasteiger partial charge in [-0.25, -0.2) is 9.37 Å². The number of nitrogens with one attached hydrogen (secondary N) is 1. The molecule has 2 aromatic rings. The molecule has 2 aliphatic rings. The van der Waals surface area contributed by atoms with Gasteiger partial charge in [-0.1, -0.05) is 12.1 Å². The van der Waals surface area contributed by atoms with E-state index in [1.54, 1.807) is 6.07 Å². The summed E-state index contributed by atoms with van der Waals surface area (Å²) in [5, 5.41) is 6.09. The van der Waals surface area contributed by atoms with Gasteiger partial charge >= 0.3 is 0 Å². The summed E-state index contributed by atoms with van der Waals surface area (Å²) in [5.41, 5.74) is 1.54. The van der Waals surface area contributed by atoms with Gasteiger partial charge in [-0.05, 0) is 37.9 Å². The molecule has 4 rings (SSSR count). The van der Waals surface area contributed by atoms with E-state index < -0.39 is 0 Å². The van der Waals surface area contributed by atoms with Crippen LogP contribution in [0.25, 0.3) is 10.6 Å². The SMILES string of the molecule is Cl.Cl.O=C(Cc1csc(-c2cccc(F)c2)n1)N1C2CCNCC1CC2. The van der Waals surface area contributed by atoms with Gasteiger partial charge < -0.3 is 10.2 Å². The molecule has 4 nitrogen and oxygen atoms in total. The van der Waals surface area contributed by atoms with E-state index in [1.807, 2.05) is 11.4 Å². The lowest BCUT2D eigenvalue weighted by Gasteiger charge is -2.27. The van der Waals surface area contributed by atoms with Crippen LogP contribution in [0.15, 0.2) is 29.6 Å². The van der Waals surface area contributed by atoms with Crippen molar-refractivity contribution in [2.45, 2.75) is 37.8 Å². The van der Waals surface area contributed by atoms with Crippen LogP contribution in [0, 0.1) is 5.82 Å². The van der Waals surface area contributed by atoms with Crippen molar-refractivity contribution in [3.05, 3.63) is 41.2 Å². The van der Waals surface area contributed by atoms with Gasteiger partial charge in [0.05, 0.1) is 12.1 Å². The number of rotatable bonds is 3. The molecule has 1 aromatic carbocycles. The summed E-state index contributed by atoms with van der Waals surface area (Å²) in [6.07, 6.45) is 3.57. The first-order valence-corrected chi connectivity index (χ1v) is 9.31. The molecule has 142 valence electrons. The number of carbonyl (C=O) groups excluding carboxylic acids is 1. The summed E-state index contributed by atoms with van der Waals surface area (Å²) < 4.78 is 13.4. The lowest BCUT2D eigenvalue weighted by molar-refractivity contribution is -0.133. The summed E-state index contributed by atoms with van der Waals surface area (Å²) in [6, 6.07) is 7.12. The molecule has 26 heavy (non-hydrogen) atoms. The molecule has 1 amide bonds. The molecule has 8 heteroatoms. The minimum atomic E-state index is -0.269. The number of aromatic nitrogens is 1. The first kappa shape index (κ1) is 21.1.